The maximum atomic E-state index is 13.0. The number of benzene rings is 2. The smallest absolute Gasteiger partial charge is 0.351 e. The first-order valence-electron chi connectivity index (χ1n) is 10.4. The van der Waals surface area contributed by atoms with Crippen molar-refractivity contribution >= 4 is 11.8 Å². The van der Waals surface area contributed by atoms with E-state index >= 15 is 0 Å². The zero-order valence-corrected chi connectivity index (χ0v) is 17.4. The van der Waals surface area contributed by atoms with Crippen molar-refractivity contribution in [2.75, 3.05) is 0 Å². The minimum Gasteiger partial charge on any atom is -0.351 e. The van der Waals surface area contributed by atoms with E-state index in [-0.39, 0.29) is 17.2 Å². The Morgan fingerprint density at radius 2 is 1.42 bits per heavy atom. The van der Waals surface area contributed by atoms with E-state index in [1.54, 1.807) is 0 Å². The molecule has 2 aromatic carbocycles. The Morgan fingerprint density at radius 1 is 0.818 bits per heavy atom. The summed E-state index contributed by atoms with van der Waals surface area (Å²) in [5.74, 6) is -1.59. The van der Waals surface area contributed by atoms with Crippen LogP contribution in [0.3, 0.4) is 0 Å². The lowest BCUT2D eigenvalue weighted by Gasteiger charge is -2.26. The lowest BCUT2D eigenvalue weighted by atomic mass is 9.94. The summed E-state index contributed by atoms with van der Waals surface area (Å²) in [4.78, 5) is 25.7. The standard InChI is InChI=1S/C23H22F6N2O2/c24-22(25,26)16-11-9-14(10-12-16)19(21(33)30-18-7-2-1-3-8-18)31-20(32)15-5-4-6-17(13-15)23(27,28)29/h4-6,9-13,18-19H,1-3,7-8H2,(H,30,33)(H,31,32). The van der Waals surface area contributed by atoms with Crippen molar-refractivity contribution in [3.8, 4) is 0 Å². The third-order valence-corrected chi connectivity index (χ3v) is 5.51. The van der Waals surface area contributed by atoms with Gasteiger partial charge in [-0.3, -0.25) is 9.59 Å². The normalized spacial score (nSPS) is 16.2. The van der Waals surface area contributed by atoms with Crippen LogP contribution in [0, 0.1) is 0 Å². The Labute approximate surface area is 186 Å². The Hall–Kier alpha value is -3.04. The fourth-order valence-electron chi connectivity index (χ4n) is 3.75. The van der Waals surface area contributed by atoms with Crippen LogP contribution in [-0.2, 0) is 17.1 Å². The number of nitrogens with one attached hydrogen (secondary N) is 2. The molecule has 2 N–H and O–H groups in total. The topological polar surface area (TPSA) is 58.2 Å². The van der Waals surface area contributed by atoms with Gasteiger partial charge in [0.2, 0.25) is 5.91 Å². The molecule has 0 aromatic heterocycles. The number of carbonyl (C=O) groups is 2. The fraction of sp³-hybridized carbons (Fsp3) is 0.391. The van der Waals surface area contributed by atoms with Crippen LogP contribution < -0.4 is 10.6 Å². The van der Waals surface area contributed by atoms with Gasteiger partial charge in [-0.2, -0.15) is 26.3 Å². The van der Waals surface area contributed by atoms with Crippen LogP contribution in [0.1, 0.15) is 65.2 Å². The summed E-state index contributed by atoms with van der Waals surface area (Å²) in [6.07, 6.45) is -4.94. The van der Waals surface area contributed by atoms with E-state index in [1.165, 1.54) is 0 Å². The lowest BCUT2D eigenvalue weighted by Crippen LogP contribution is -2.45. The van der Waals surface area contributed by atoms with Crippen molar-refractivity contribution in [2.45, 2.75) is 56.5 Å². The quantitative estimate of drug-likeness (QED) is 0.553. The molecule has 178 valence electrons. The molecule has 1 fully saturated rings. The van der Waals surface area contributed by atoms with Crippen LogP contribution in [0.2, 0.25) is 0 Å². The van der Waals surface area contributed by atoms with Gasteiger partial charge in [0.1, 0.15) is 6.04 Å². The summed E-state index contributed by atoms with van der Waals surface area (Å²) in [6, 6.07) is 5.86. The van der Waals surface area contributed by atoms with Gasteiger partial charge in [0, 0.05) is 11.6 Å². The summed E-state index contributed by atoms with van der Waals surface area (Å²) in [7, 11) is 0. The van der Waals surface area contributed by atoms with Crippen LogP contribution in [0.4, 0.5) is 26.3 Å². The molecule has 1 aliphatic carbocycles. The van der Waals surface area contributed by atoms with Gasteiger partial charge in [0.25, 0.3) is 5.91 Å². The van der Waals surface area contributed by atoms with Gasteiger partial charge in [-0.15, -0.1) is 0 Å². The van der Waals surface area contributed by atoms with E-state index in [0.29, 0.717) is 6.07 Å². The number of carbonyl (C=O) groups excluding carboxylic acids is 2. The third kappa shape index (κ3) is 6.49. The van der Waals surface area contributed by atoms with E-state index in [1.807, 2.05) is 0 Å². The molecule has 2 aromatic rings. The maximum absolute atomic E-state index is 13.0. The first-order valence-corrected chi connectivity index (χ1v) is 10.4. The molecule has 33 heavy (non-hydrogen) atoms. The van der Waals surface area contributed by atoms with Gasteiger partial charge >= 0.3 is 12.4 Å². The van der Waals surface area contributed by atoms with Crippen LogP contribution in [-0.4, -0.2) is 17.9 Å². The summed E-state index contributed by atoms with van der Waals surface area (Å²) < 4.78 is 77.7. The first-order chi connectivity index (χ1) is 15.4. The molecule has 1 atom stereocenters. The van der Waals surface area contributed by atoms with E-state index in [4.69, 9.17) is 0 Å². The van der Waals surface area contributed by atoms with Gasteiger partial charge in [-0.1, -0.05) is 37.5 Å². The largest absolute Gasteiger partial charge is 0.416 e. The van der Waals surface area contributed by atoms with Crippen molar-refractivity contribution in [1.82, 2.24) is 10.6 Å². The van der Waals surface area contributed by atoms with Crippen LogP contribution in [0.15, 0.2) is 48.5 Å². The molecule has 2 amide bonds. The third-order valence-electron chi connectivity index (χ3n) is 5.51. The molecule has 0 saturated heterocycles. The van der Waals surface area contributed by atoms with Crippen molar-refractivity contribution in [1.29, 1.82) is 0 Å². The molecule has 0 heterocycles. The Morgan fingerprint density at radius 3 is 2.00 bits per heavy atom. The molecule has 0 aliphatic heterocycles. The van der Waals surface area contributed by atoms with E-state index in [0.717, 1.165) is 74.6 Å². The second kappa shape index (κ2) is 9.84. The number of rotatable bonds is 5. The molecule has 1 unspecified atom stereocenters. The Balaban J connectivity index is 1.86. The molecule has 0 radical (unpaired) electrons. The average molecular weight is 472 g/mol. The lowest BCUT2D eigenvalue weighted by molar-refractivity contribution is -0.138. The summed E-state index contributed by atoms with van der Waals surface area (Å²) in [5.41, 5.74) is -2.21. The highest BCUT2D eigenvalue weighted by atomic mass is 19.4. The SMILES string of the molecule is O=C(NC(C(=O)NC1CCCCC1)c1ccc(C(F)(F)F)cc1)c1cccc(C(F)(F)F)c1. The minimum atomic E-state index is -4.67. The highest BCUT2D eigenvalue weighted by Crippen LogP contribution is 2.31. The highest BCUT2D eigenvalue weighted by Gasteiger charge is 2.33. The van der Waals surface area contributed by atoms with E-state index < -0.39 is 41.3 Å². The van der Waals surface area contributed by atoms with Crippen molar-refractivity contribution in [3.63, 3.8) is 0 Å². The predicted octanol–water partition coefficient (Wildman–Crippen LogP) is 5.64. The monoisotopic (exact) mass is 472 g/mol. The van der Waals surface area contributed by atoms with Gasteiger partial charge < -0.3 is 10.6 Å². The molecule has 10 heteroatoms. The minimum absolute atomic E-state index is 0.0802. The molecular formula is C23H22F6N2O2. The van der Waals surface area contributed by atoms with Crippen LogP contribution in [0.25, 0.3) is 0 Å². The van der Waals surface area contributed by atoms with Gasteiger partial charge in [-0.25, -0.2) is 0 Å². The number of alkyl halides is 6. The fourth-order valence-corrected chi connectivity index (χ4v) is 3.75. The van der Waals surface area contributed by atoms with Crippen molar-refractivity contribution in [2.24, 2.45) is 0 Å². The second-order valence-electron chi connectivity index (χ2n) is 7.95. The summed E-state index contributed by atoms with van der Waals surface area (Å²) in [5, 5.41) is 5.18. The molecule has 3 rings (SSSR count). The number of hydrogen-bond donors (Lipinski definition) is 2. The maximum Gasteiger partial charge on any atom is 0.416 e. The molecule has 0 bridgehead atoms. The van der Waals surface area contributed by atoms with Gasteiger partial charge in [0.15, 0.2) is 0 Å². The van der Waals surface area contributed by atoms with Crippen molar-refractivity contribution < 1.29 is 35.9 Å². The molecular weight excluding hydrogens is 450 g/mol. The zero-order valence-electron chi connectivity index (χ0n) is 17.4. The molecule has 0 spiro atoms. The zero-order chi connectivity index (χ0) is 24.2. The predicted molar refractivity (Wildman–Crippen MR) is 108 cm³/mol. The summed E-state index contributed by atoms with van der Waals surface area (Å²) >= 11 is 0. The highest BCUT2D eigenvalue weighted by molar-refractivity contribution is 5.98. The van der Waals surface area contributed by atoms with Crippen molar-refractivity contribution in [3.05, 3.63) is 70.8 Å². The Bertz CT molecular complexity index is 980. The first kappa shape index (κ1) is 24.6. The number of amides is 2. The van der Waals surface area contributed by atoms with E-state index in [2.05, 4.69) is 10.6 Å². The molecule has 4 nitrogen and oxygen atoms in total. The van der Waals surface area contributed by atoms with Crippen LogP contribution in [0.5, 0.6) is 0 Å². The summed E-state index contributed by atoms with van der Waals surface area (Å²) in [6.45, 7) is 0. The Kier molecular flexibility index (Phi) is 7.34. The molecule has 1 aliphatic rings. The number of hydrogen-bond acceptors (Lipinski definition) is 2. The van der Waals surface area contributed by atoms with Gasteiger partial charge in [0.05, 0.1) is 11.1 Å². The second-order valence-corrected chi connectivity index (χ2v) is 7.95. The van der Waals surface area contributed by atoms with Gasteiger partial charge in [-0.05, 0) is 48.7 Å². The molecule has 1 saturated carbocycles. The average Bonchev–Trinajstić information content (AvgIpc) is 2.77. The van der Waals surface area contributed by atoms with Crippen LogP contribution >= 0.6 is 0 Å². The number of halogens is 6. The van der Waals surface area contributed by atoms with E-state index in [9.17, 15) is 35.9 Å².